The first-order chi connectivity index (χ1) is 8.56. The first kappa shape index (κ1) is 14.7. The maximum absolute atomic E-state index is 8.95. The molecule has 0 amide bonds. The molecule has 0 aliphatic rings. The Kier molecular flexibility index (Phi) is 5.85. The number of rotatable bonds is 7. The molecule has 1 aromatic heterocycles. The SMILES string of the molecule is CCC(CCO)CNc1cc(N)nc(C(C)C)n1. The summed E-state index contributed by atoms with van der Waals surface area (Å²) in [7, 11) is 0. The third kappa shape index (κ3) is 4.49. The average molecular weight is 252 g/mol. The third-order valence-electron chi connectivity index (χ3n) is 2.97. The van der Waals surface area contributed by atoms with Crippen LogP contribution in [0.25, 0.3) is 0 Å². The van der Waals surface area contributed by atoms with Crippen molar-refractivity contribution >= 4 is 11.6 Å². The Labute approximate surface area is 109 Å². The van der Waals surface area contributed by atoms with E-state index in [0.717, 1.165) is 31.0 Å². The largest absolute Gasteiger partial charge is 0.396 e. The van der Waals surface area contributed by atoms with Crippen LogP contribution in [-0.2, 0) is 0 Å². The Morgan fingerprint density at radius 1 is 1.39 bits per heavy atom. The number of hydrogen-bond acceptors (Lipinski definition) is 5. The van der Waals surface area contributed by atoms with Gasteiger partial charge in [-0.15, -0.1) is 0 Å². The molecule has 1 atom stereocenters. The Bertz CT molecular complexity index is 368. The summed E-state index contributed by atoms with van der Waals surface area (Å²) in [5.74, 6) is 2.73. The number of aliphatic hydroxyl groups excluding tert-OH is 1. The number of aromatic nitrogens is 2. The molecular weight excluding hydrogens is 228 g/mol. The lowest BCUT2D eigenvalue weighted by Crippen LogP contribution is -2.16. The van der Waals surface area contributed by atoms with Gasteiger partial charge in [-0.25, -0.2) is 9.97 Å². The molecular formula is C13H24N4O. The van der Waals surface area contributed by atoms with Gasteiger partial charge in [-0.05, 0) is 12.3 Å². The standard InChI is InChI=1S/C13H24N4O/c1-4-10(5-6-18)8-15-12-7-11(14)16-13(17-12)9(2)3/h7,9-10,18H,4-6,8H2,1-3H3,(H3,14,15,16,17). The first-order valence-corrected chi connectivity index (χ1v) is 6.56. The first-order valence-electron chi connectivity index (χ1n) is 6.56. The van der Waals surface area contributed by atoms with Crippen molar-refractivity contribution in [1.82, 2.24) is 9.97 Å². The van der Waals surface area contributed by atoms with Crippen LogP contribution >= 0.6 is 0 Å². The highest BCUT2D eigenvalue weighted by molar-refractivity contribution is 5.44. The summed E-state index contributed by atoms with van der Waals surface area (Å²) < 4.78 is 0. The molecule has 0 bridgehead atoms. The van der Waals surface area contributed by atoms with Gasteiger partial charge in [-0.1, -0.05) is 27.2 Å². The number of aliphatic hydroxyl groups is 1. The fourth-order valence-electron chi connectivity index (χ4n) is 1.72. The van der Waals surface area contributed by atoms with Gasteiger partial charge >= 0.3 is 0 Å². The highest BCUT2D eigenvalue weighted by Gasteiger charge is 2.09. The molecule has 0 saturated heterocycles. The summed E-state index contributed by atoms with van der Waals surface area (Å²) >= 11 is 0. The van der Waals surface area contributed by atoms with Crippen molar-refractivity contribution in [3.05, 3.63) is 11.9 Å². The lowest BCUT2D eigenvalue weighted by atomic mass is 10.0. The van der Waals surface area contributed by atoms with Crippen molar-refractivity contribution in [2.75, 3.05) is 24.2 Å². The van der Waals surface area contributed by atoms with Gasteiger partial charge in [0, 0.05) is 25.1 Å². The molecule has 0 aromatic carbocycles. The molecule has 0 spiro atoms. The second-order valence-electron chi connectivity index (χ2n) is 4.86. The van der Waals surface area contributed by atoms with Gasteiger partial charge in [0.05, 0.1) is 0 Å². The molecule has 1 aromatic rings. The minimum Gasteiger partial charge on any atom is -0.396 e. The van der Waals surface area contributed by atoms with Gasteiger partial charge in [-0.2, -0.15) is 0 Å². The molecule has 1 rings (SSSR count). The van der Waals surface area contributed by atoms with E-state index in [-0.39, 0.29) is 12.5 Å². The van der Waals surface area contributed by atoms with Gasteiger partial charge in [0.25, 0.3) is 0 Å². The Morgan fingerprint density at radius 3 is 2.67 bits per heavy atom. The molecule has 1 unspecified atom stereocenters. The number of nitrogens with two attached hydrogens (primary N) is 1. The van der Waals surface area contributed by atoms with Crippen LogP contribution in [0.3, 0.4) is 0 Å². The van der Waals surface area contributed by atoms with E-state index < -0.39 is 0 Å². The van der Waals surface area contributed by atoms with E-state index in [4.69, 9.17) is 10.8 Å². The quantitative estimate of drug-likeness (QED) is 0.691. The second-order valence-corrected chi connectivity index (χ2v) is 4.86. The van der Waals surface area contributed by atoms with Gasteiger partial charge in [-0.3, -0.25) is 0 Å². The molecule has 18 heavy (non-hydrogen) atoms. The molecule has 0 radical (unpaired) electrons. The van der Waals surface area contributed by atoms with Gasteiger partial charge in [0.2, 0.25) is 0 Å². The summed E-state index contributed by atoms with van der Waals surface area (Å²) in [6.07, 6.45) is 1.84. The van der Waals surface area contributed by atoms with Gasteiger partial charge < -0.3 is 16.2 Å². The van der Waals surface area contributed by atoms with Gasteiger partial charge in [0.15, 0.2) is 0 Å². The second kappa shape index (κ2) is 7.16. The smallest absolute Gasteiger partial charge is 0.135 e. The molecule has 5 heteroatoms. The van der Waals surface area contributed by atoms with E-state index in [1.165, 1.54) is 0 Å². The minimum absolute atomic E-state index is 0.226. The Balaban J connectivity index is 2.66. The summed E-state index contributed by atoms with van der Waals surface area (Å²) in [5.41, 5.74) is 5.76. The molecule has 0 saturated carbocycles. The number of hydrogen-bond donors (Lipinski definition) is 3. The number of anilines is 2. The van der Waals surface area contributed by atoms with Crippen LogP contribution in [0.15, 0.2) is 6.07 Å². The molecule has 4 N–H and O–H groups in total. The number of nitrogens with one attached hydrogen (secondary N) is 1. The molecule has 0 aliphatic carbocycles. The number of nitrogens with zero attached hydrogens (tertiary/aromatic N) is 2. The topological polar surface area (TPSA) is 84.1 Å². The van der Waals surface area contributed by atoms with Crippen molar-refractivity contribution in [3.8, 4) is 0 Å². The molecule has 0 aliphatic heterocycles. The maximum Gasteiger partial charge on any atom is 0.135 e. The predicted molar refractivity (Wildman–Crippen MR) is 74.5 cm³/mol. The lowest BCUT2D eigenvalue weighted by Gasteiger charge is -2.15. The monoisotopic (exact) mass is 252 g/mol. The van der Waals surface area contributed by atoms with Crippen LogP contribution < -0.4 is 11.1 Å². The van der Waals surface area contributed by atoms with E-state index in [9.17, 15) is 0 Å². The zero-order valence-corrected chi connectivity index (χ0v) is 11.5. The molecule has 5 nitrogen and oxygen atoms in total. The minimum atomic E-state index is 0.226. The average Bonchev–Trinajstić information content (AvgIpc) is 2.33. The Morgan fingerprint density at radius 2 is 2.11 bits per heavy atom. The van der Waals surface area contributed by atoms with E-state index >= 15 is 0 Å². The van der Waals surface area contributed by atoms with Crippen molar-refractivity contribution in [1.29, 1.82) is 0 Å². The van der Waals surface area contributed by atoms with Gasteiger partial charge in [0.1, 0.15) is 17.5 Å². The van der Waals surface area contributed by atoms with Crippen LogP contribution in [0.5, 0.6) is 0 Å². The predicted octanol–water partition coefficient (Wildman–Crippen LogP) is 2.00. The van der Waals surface area contributed by atoms with E-state index in [2.05, 4.69) is 22.2 Å². The Hall–Kier alpha value is -1.36. The van der Waals surface area contributed by atoms with E-state index in [1.54, 1.807) is 6.07 Å². The number of nitrogen functional groups attached to an aromatic ring is 1. The van der Waals surface area contributed by atoms with Crippen molar-refractivity contribution < 1.29 is 5.11 Å². The fourth-order valence-corrected chi connectivity index (χ4v) is 1.72. The maximum atomic E-state index is 8.95. The van der Waals surface area contributed by atoms with Crippen LogP contribution in [0.2, 0.25) is 0 Å². The zero-order valence-electron chi connectivity index (χ0n) is 11.5. The molecule has 1 heterocycles. The summed E-state index contributed by atoms with van der Waals surface area (Å²) in [5, 5.41) is 12.2. The fraction of sp³-hybridized carbons (Fsp3) is 0.692. The molecule has 0 fully saturated rings. The lowest BCUT2D eigenvalue weighted by molar-refractivity contribution is 0.258. The molecule has 102 valence electrons. The third-order valence-corrected chi connectivity index (χ3v) is 2.97. The van der Waals surface area contributed by atoms with Crippen LogP contribution in [0.4, 0.5) is 11.6 Å². The summed E-state index contributed by atoms with van der Waals surface area (Å²) in [6, 6.07) is 1.75. The summed E-state index contributed by atoms with van der Waals surface area (Å²) in [6.45, 7) is 7.22. The van der Waals surface area contributed by atoms with Crippen molar-refractivity contribution in [2.24, 2.45) is 5.92 Å². The zero-order chi connectivity index (χ0) is 13.5. The van der Waals surface area contributed by atoms with Crippen molar-refractivity contribution in [2.45, 2.75) is 39.5 Å². The van der Waals surface area contributed by atoms with E-state index in [0.29, 0.717) is 11.7 Å². The normalized spacial score (nSPS) is 12.7. The highest BCUT2D eigenvalue weighted by atomic mass is 16.3. The highest BCUT2D eigenvalue weighted by Crippen LogP contribution is 2.16. The summed E-state index contributed by atoms with van der Waals surface area (Å²) in [4.78, 5) is 8.64. The van der Waals surface area contributed by atoms with E-state index in [1.807, 2.05) is 13.8 Å². The van der Waals surface area contributed by atoms with Crippen LogP contribution in [0, 0.1) is 5.92 Å². The van der Waals surface area contributed by atoms with Crippen molar-refractivity contribution in [3.63, 3.8) is 0 Å². The van der Waals surface area contributed by atoms with Crippen LogP contribution in [-0.4, -0.2) is 28.2 Å². The van der Waals surface area contributed by atoms with Crippen LogP contribution in [0.1, 0.15) is 45.4 Å².